The summed E-state index contributed by atoms with van der Waals surface area (Å²) in [5.41, 5.74) is 1.30. The third-order valence-electron chi connectivity index (χ3n) is 4.69. The number of rotatable bonds is 8. The number of carbonyl (C=O) groups excluding carboxylic acids is 1. The minimum Gasteiger partial charge on any atom is -0.332 e. The van der Waals surface area contributed by atoms with E-state index in [0.29, 0.717) is 13.1 Å². The second-order valence-corrected chi connectivity index (χ2v) is 7.64. The molecule has 0 saturated carbocycles. The monoisotopic (exact) mass is 385 g/mol. The van der Waals surface area contributed by atoms with Crippen LogP contribution in [-0.2, 0) is 11.2 Å². The number of benzene rings is 1. The van der Waals surface area contributed by atoms with Gasteiger partial charge in [-0.05, 0) is 17.9 Å². The molecule has 0 N–H and O–H groups in total. The minimum atomic E-state index is -4.36. The largest absolute Gasteiger partial charge is 0.406 e. The molecule has 7 heteroatoms. The van der Waals surface area contributed by atoms with Crippen molar-refractivity contribution in [2.75, 3.05) is 52.4 Å². The molecule has 1 heterocycles. The molecule has 1 aliphatic rings. The summed E-state index contributed by atoms with van der Waals surface area (Å²) in [6.45, 7) is 6.73. The van der Waals surface area contributed by atoms with Crippen LogP contribution >= 0.6 is 0 Å². The van der Waals surface area contributed by atoms with Gasteiger partial charge < -0.3 is 9.80 Å². The third kappa shape index (κ3) is 8.30. The van der Waals surface area contributed by atoms with E-state index in [-0.39, 0.29) is 19.0 Å². The van der Waals surface area contributed by atoms with Gasteiger partial charge in [0.05, 0.1) is 6.54 Å². The minimum absolute atomic E-state index is 0.00568. The Labute approximate surface area is 159 Å². The SMILES string of the molecule is CC(C)CN(CC(F)(F)F)C(=O)CN1CCN(CCc2ccccc2)CC1. The molecule has 1 saturated heterocycles. The zero-order valence-electron chi connectivity index (χ0n) is 16.2. The van der Waals surface area contributed by atoms with Crippen LogP contribution in [0.3, 0.4) is 0 Å². The average molecular weight is 385 g/mol. The van der Waals surface area contributed by atoms with Crippen LogP contribution in [0.4, 0.5) is 13.2 Å². The Kier molecular flexibility index (Phi) is 8.10. The molecule has 0 atom stereocenters. The van der Waals surface area contributed by atoms with Gasteiger partial charge in [-0.3, -0.25) is 9.69 Å². The first-order valence-corrected chi connectivity index (χ1v) is 9.56. The maximum atomic E-state index is 12.8. The Morgan fingerprint density at radius 2 is 1.67 bits per heavy atom. The Bertz CT molecular complexity index is 570. The van der Waals surface area contributed by atoms with Gasteiger partial charge >= 0.3 is 6.18 Å². The third-order valence-corrected chi connectivity index (χ3v) is 4.69. The summed E-state index contributed by atoms with van der Waals surface area (Å²) in [6.07, 6.45) is -3.38. The van der Waals surface area contributed by atoms with Gasteiger partial charge in [0.2, 0.25) is 5.91 Å². The molecule has 4 nitrogen and oxygen atoms in total. The fourth-order valence-corrected chi connectivity index (χ4v) is 3.31. The normalized spacial score (nSPS) is 16.7. The van der Waals surface area contributed by atoms with Crippen molar-refractivity contribution < 1.29 is 18.0 Å². The molecule has 1 aliphatic heterocycles. The van der Waals surface area contributed by atoms with E-state index in [4.69, 9.17) is 0 Å². The zero-order valence-corrected chi connectivity index (χ0v) is 16.2. The van der Waals surface area contributed by atoms with E-state index >= 15 is 0 Å². The van der Waals surface area contributed by atoms with E-state index in [0.717, 1.165) is 31.0 Å². The van der Waals surface area contributed by atoms with Crippen molar-refractivity contribution in [1.82, 2.24) is 14.7 Å². The molecule has 0 radical (unpaired) electrons. The lowest BCUT2D eigenvalue weighted by Crippen LogP contribution is -2.51. The number of hydrogen-bond donors (Lipinski definition) is 0. The fraction of sp³-hybridized carbons (Fsp3) is 0.650. The summed E-state index contributed by atoms with van der Waals surface area (Å²) < 4.78 is 38.3. The molecule has 0 aliphatic carbocycles. The van der Waals surface area contributed by atoms with Gasteiger partial charge in [-0.1, -0.05) is 44.2 Å². The van der Waals surface area contributed by atoms with Crippen LogP contribution in [0.5, 0.6) is 0 Å². The number of amides is 1. The van der Waals surface area contributed by atoms with E-state index in [1.807, 2.05) is 36.9 Å². The quantitative estimate of drug-likeness (QED) is 0.689. The Morgan fingerprint density at radius 1 is 1.07 bits per heavy atom. The molecule has 1 amide bonds. The first-order valence-electron chi connectivity index (χ1n) is 9.56. The van der Waals surface area contributed by atoms with Gasteiger partial charge in [-0.2, -0.15) is 13.2 Å². The lowest BCUT2D eigenvalue weighted by molar-refractivity contribution is -0.163. The number of piperazine rings is 1. The van der Waals surface area contributed by atoms with E-state index in [1.54, 1.807) is 0 Å². The molecule has 0 bridgehead atoms. The van der Waals surface area contributed by atoms with Crippen LogP contribution in [-0.4, -0.2) is 79.1 Å². The summed E-state index contributed by atoms with van der Waals surface area (Å²) in [4.78, 5) is 17.6. The molecule has 0 spiro atoms. The zero-order chi connectivity index (χ0) is 19.9. The molecule has 152 valence electrons. The summed E-state index contributed by atoms with van der Waals surface area (Å²) >= 11 is 0. The maximum absolute atomic E-state index is 12.8. The van der Waals surface area contributed by atoms with Crippen LogP contribution < -0.4 is 0 Å². The maximum Gasteiger partial charge on any atom is 0.406 e. The summed E-state index contributed by atoms with van der Waals surface area (Å²) in [5, 5.41) is 0. The molecule has 0 unspecified atom stereocenters. The highest BCUT2D eigenvalue weighted by Crippen LogP contribution is 2.18. The van der Waals surface area contributed by atoms with Crippen molar-refractivity contribution >= 4 is 5.91 Å². The van der Waals surface area contributed by atoms with Crippen molar-refractivity contribution in [3.05, 3.63) is 35.9 Å². The van der Waals surface area contributed by atoms with Crippen molar-refractivity contribution in [3.8, 4) is 0 Å². The van der Waals surface area contributed by atoms with Crippen LogP contribution in [0.15, 0.2) is 30.3 Å². The Morgan fingerprint density at radius 3 is 2.22 bits per heavy atom. The standard InChI is InChI=1S/C20H30F3N3O/c1-17(2)14-26(16-20(21,22)23)19(27)15-25-12-10-24(11-13-25)9-8-18-6-4-3-5-7-18/h3-7,17H,8-16H2,1-2H3. The van der Waals surface area contributed by atoms with Crippen molar-refractivity contribution in [3.63, 3.8) is 0 Å². The summed E-state index contributed by atoms with van der Waals surface area (Å²) in [7, 11) is 0. The number of halogens is 3. The average Bonchev–Trinajstić information content (AvgIpc) is 2.60. The second-order valence-electron chi connectivity index (χ2n) is 7.64. The van der Waals surface area contributed by atoms with E-state index in [2.05, 4.69) is 17.0 Å². The van der Waals surface area contributed by atoms with E-state index in [1.165, 1.54) is 5.56 Å². The highest BCUT2D eigenvalue weighted by Gasteiger charge is 2.33. The fourth-order valence-electron chi connectivity index (χ4n) is 3.31. The predicted octanol–water partition coefficient (Wildman–Crippen LogP) is 2.89. The first-order chi connectivity index (χ1) is 12.7. The summed E-state index contributed by atoms with van der Waals surface area (Å²) in [6, 6.07) is 10.3. The van der Waals surface area contributed by atoms with Crippen LogP contribution in [0.1, 0.15) is 19.4 Å². The predicted molar refractivity (Wildman–Crippen MR) is 100 cm³/mol. The summed E-state index contributed by atoms with van der Waals surface area (Å²) in [5.74, 6) is -0.426. The van der Waals surface area contributed by atoms with Crippen molar-refractivity contribution in [2.24, 2.45) is 5.92 Å². The highest BCUT2D eigenvalue weighted by atomic mass is 19.4. The molecule has 1 fully saturated rings. The molecule has 1 aromatic carbocycles. The van der Waals surface area contributed by atoms with Gasteiger partial charge in [0.25, 0.3) is 0 Å². The van der Waals surface area contributed by atoms with Crippen molar-refractivity contribution in [2.45, 2.75) is 26.4 Å². The Balaban J connectivity index is 1.76. The smallest absolute Gasteiger partial charge is 0.332 e. The van der Waals surface area contributed by atoms with Gasteiger partial charge in [-0.25, -0.2) is 0 Å². The molecular formula is C20H30F3N3O. The van der Waals surface area contributed by atoms with Crippen LogP contribution in [0.25, 0.3) is 0 Å². The van der Waals surface area contributed by atoms with Gasteiger partial charge in [0.1, 0.15) is 6.54 Å². The molecule has 0 aromatic heterocycles. The molecular weight excluding hydrogens is 355 g/mol. The van der Waals surface area contributed by atoms with Gasteiger partial charge in [0, 0.05) is 39.3 Å². The number of alkyl halides is 3. The topological polar surface area (TPSA) is 26.8 Å². The van der Waals surface area contributed by atoms with Gasteiger partial charge in [0.15, 0.2) is 0 Å². The lowest BCUT2D eigenvalue weighted by atomic mass is 10.1. The Hall–Kier alpha value is -1.60. The number of hydrogen-bond acceptors (Lipinski definition) is 3. The highest BCUT2D eigenvalue weighted by molar-refractivity contribution is 5.78. The molecule has 2 rings (SSSR count). The van der Waals surface area contributed by atoms with Crippen molar-refractivity contribution in [1.29, 1.82) is 0 Å². The first kappa shape index (κ1) is 21.7. The number of carbonyl (C=O) groups is 1. The van der Waals surface area contributed by atoms with E-state index < -0.39 is 18.6 Å². The van der Waals surface area contributed by atoms with Gasteiger partial charge in [-0.15, -0.1) is 0 Å². The number of nitrogens with zero attached hydrogens (tertiary/aromatic N) is 3. The second kappa shape index (κ2) is 10.1. The lowest BCUT2D eigenvalue weighted by Gasteiger charge is -2.35. The molecule has 1 aromatic rings. The van der Waals surface area contributed by atoms with Crippen LogP contribution in [0, 0.1) is 5.92 Å². The van der Waals surface area contributed by atoms with Crippen LogP contribution in [0.2, 0.25) is 0 Å². The van der Waals surface area contributed by atoms with E-state index in [9.17, 15) is 18.0 Å². The molecule has 27 heavy (non-hydrogen) atoms.